The minimum Gasteiger partial charge on any atom is -0.496 e. The number of methoxy groups -OCH3 is 4. The molecule has 82 heavy (non-hydrogen) atoms. The molecule has 21 N–H and O–H groups in total. The van der Waals surface area contributed by atoms with E-state index in [2.05, 4.69) is 47.2 Å². The lowest BCUT2D eigenvalue weighted by molar-refractivity contribution is -0.118. The number of primary amides is 1. The van der Waals surface area contributed by atoms with E-state index >= 15 is 0 Å². The smallest absolute Gasteiger partial charge is 0.255 e. The number of carbonyl (C=O) groups is 8. The van der Waals surface area contributed by atoms with Gasteiger partial charge in [0.1, 0.15) is 41.1 Å². The molecule has 0 aliphatic carbocycles. The molecule has 4 rings (SSSR count). The summed E-state index contributed by atoms with van der Waals surface area (Å²) in [7, 11) is 5.36. The van der Waals surface area contributed by atoms with Gasteiger partial charge in [0.05, 0.1) is 50.7 Å². The van der Waals surface area contributed by atoms with Gasteiger partial charge in [-0.2, -0.15) is 0 Å². The molecule has 0 saturated carbocycles. The molecule has 28 heteroatoms. The average molecular weight is 1140 g/mol. The molecule has 0 saturated heterocycles. The number of hydrogen-bond acceptors (Lipinski definition) is 16. The SMILES string of the molecule is COc1ccc(NC(=O)[C@@H](CCCN)NC(=O)c2cc(NC(=O)[C@@H](CCCN=C(N)N)NC(=O)c3cc(NC(=O)[C@@H](CCCN=C(N)N)NC(=O)c4cc(NC(=O)CCCCN)ccc4OC)ccc3OC)ccc2OC)cc1C(N)=O. The number of benzene rings is 4. The van der Waals surface area contributed by atoms with Crippen molar-refractivity contribution in [1.29, 1.82) is 0 Å². The minimum atomic E-state index is -1.29. The number of carbonyl (C=O) groups excluding carboxylic acids is 8. The number of anilines is 4. The van der Waals surface area contributed by atoms with E-state index in [1.165, 1.54) is 95.2 Å². The number of ether oxygens (including phenoxy) is 4. The second-order valence-corrected chi connectivity index (χ2v) is 18.2. The molecule has 0 radical (unpaired) electrons. The highest BCUT2D eigenvalue weighted by Gasteiger charge is 2.28. The molecule has 0 unspecified atom stereocenters. The van der Waals surface area contributed by atoms with Crippen molar-refractivity contribution in [2.75, 3.05) is 75.9 Å². The van der Waals surface area contributed by atoms with Crippen LogP contribution >= 0.6 is 0 Å². The third kappa shape index (κ3) is 20.2. The molecular weight excluding hydrogens is 1060 g/mol. The summed E-state index contributed by atoms with van der Waals surface area (Å²) in [5.41, 5.74) is 39.5. The summed E-state index contributed by atoms with van der Waals surface area (Å²) in [5, 5.41) is 19.1. The molecule has 4 aromatic carbocycles. The molecule has 28 nitrogen and oxygen atoms in total. The lowest BCUT2D eigenvalue weighted by atomic mass is 10.1. The Kier molecular flexibility index (Phi) is 26.1. The first-order chi connectivity index (χ1) is 39.2. The topological polar surface area (TPSA) is 465 Å². The predicted molar refractivity (Wildman–Crippen MR) is 310 cm³/mol. The van der Waals surface area contributed by atoms with Gasteiger partial charge in [0.15, 0.2) is 11.9 Å². The van der Waals surface area contributed by atoms with Crippen LogP contribution in [0, 0.1) is 0 Å². The fraction of sp³-hybridized carbons (Fsp3) is 0.370. The molecule has 0 bridgehead atoms. The molecule has 4 aromatic rings. The summed E-state index contributed by atoms with van der Waals surface area (Å²) in [6, 6.07) is 13.5. The van der Waals surface area contributed by atoms with Gasteiger partial charge >= 0.3 is 0 Å². The van der Waals surface area contributed by atoms with Crippen molar-refractivity contribution >= 4 is 81.9 Å². The van der Waals surface area contributed by atoms with Crippen LogP contribution in [0.1, 0.15) is 99.2 Å². The Morgan fingerprint density at radius 1 is 0.427 bits per heavy atom. The summed E-state index contributed by atoms with van der Waals surface area (Å²) < 4.78 is 21.6. The first-order valence-corrected chi connectivity index (χ1v) is 25.9. The second kappa shape index (κ2) is 33.0. The lowest BCUT2D eigenvalue weighted by Gasteiger charge is -2.21. The van der Waals surface area contributed by atoms with Gasteiger partial charge in [-0.1, -0.05) is 0 Å². The summed E-state index contributed by atoms with van der Waals surface area (Å²) in [4.78, 5) is 117. The highest BCUT2D eigenvalue weighted by Crippen LogP contribution is 2.28. The van der Waals surface area contributed by atoms with Crippen LogP contribution in [0.25, 0.3) is 0 Å². The Hall–Kier alpha value is -9.70. The largest absolute Gasteiger partial charge is 0.496 e. The number of nitrogens with two attached hydrogens (primary N) is 7. The van der Waals surface area contributed by atoms with Crippen molar-refractivity contribution in [3.05, 3.63) is 95.1 Å². The molecule has 8 amide bonds. The van der Waals surface area contributed by atoms with Gasteiger partial charge in [-0.25, -0.2) is 0 Å². The van der Waals surface area contributed by atoms with Gasteiger partial charge in [-0.15, -0.1) is 0 Å². The van der Waals surface area contributed by atoms with Crippen LogP contribution in [0.15, 0.2) is 82.8 Å². The Morgan fingerprint density at radius 2 is 0.744 bits per heavy atom. The van der Waals surface area contributed by atoms with Crippen LogP contribution in [0.3, 0.4) is 0 Å². The summed E-state index contributed by atoms with van der Waals surface area (Å²) in [6.45, 7) is 0.826. The van der Waals surface area contributed by atoms with Gasteiger partial charge in [-0.3, -0.25) is 48.3 Å². The van der Waals surface area contributed by atoms with Gasteiger partial charge in [-0.05, 0) is 137 Å². The molecule has 0 aliphatic heterocycles. The van der Waals surface area contributed by atoms with E-state index in [-0.39, 0.29) is 138 Å². The van der Waals surface area contributed by atoms with Crippen molar-refractivity contribution in [3.63, 3.8) is 0 Å². The van der Waals surface area contributed by atoms with Crippen LogP contribution < -0.4 is 96.3 Å². The molecule has 0 spiro atoms. The Bertz CT molecular complexity index is 2970. The number of nitrogens with zero attached hydrogens (tertiary/aromatic N) is 2. The standard InChI is InChI=1S/C54H74N16O12/c1-79-41-18-15-31(26-34(41)46(57)72)65-50(76)38(10-7-23-56)68-48(74)36-28-32(16-20-43(36)81-3)66-52(78)40(12-9-25-63-54(60)61)70-49(75)37-29-33(17-21-44(37)82-4)67-51(77)39(11-8-24-62-53(58)59)69-47(73)35-27-30(14-19-42(35)80-2)64-45(71)13-5-6-22-55/h14-21,26-29,38-40H,5-13,22-25,55-56H2,1-4H3,(H2,57,72)(H,64,71)(H,65,76)(H,66,78)(H,67,77)(H,68,74)(H,69,73)(H,70,75)(H4,58,59,62)(H4,60,61,63)/t38-,39-,40-/m1/s1. The van der Waals surface area contributed by atoms with Crippen molar-refractivity contribution in [1.82, 2.24) is 16.0 Å². The molecule has 442 valence electrons. The van der Waals surface area contributed by atoms with Crippen LogP contribution in [-0.2, 0) is 19.2 Å². The average Bonchev–Trinajstić information content (AvgIpc) is 3.63. The van der Waals surface area contributed by atoms with Crippen LogP contribution in [0.2, 0.25) is 0 Å². The van der Waals surface area contributed by atoms with E-state index < -0.39 is 59.5 Å². The van der Waals surface area contributed by atoms with E-state index in [9.17, 15) is 38.4 Å². The van der Waals surface area contributed by atoms with E-state index in [4.69, 9.17) is 59.1 Å². The number of nitrogens with one attached hydrogen (secondary N) is 7. The van der Waals surface area contributed by atoms with Crippen molar-refractivity contribution in [3.8, 4) is 23.0 Å². The predicted octanol–water partition coefficient (Wildman–Crippen LogP) is 0.945. The zero-order chi connectivity index (χ0) is 60.3. The first-order valence-electron chi connectivity index (χ1n) is 25.9. The third-order valence-corrected chi connectivity index (χ3v) is 12.2. The van der Waals surface area contributed by atoms with Crippen LogP contribution in [0.4, 0.5) is 22.7 Å². The third-order valence-electron chi connectivity index (χ3n) is 12.2. The monoisotopic (exact) mass is 1140 g/mol. The Balaban J connectivity index is 1.59. The number of unbranched alkanes of at least 4 members (excludes halogenated alkanes) is 1. The van der Waals surface area contributed by atoms with E-state index in [1.807, 2.05) is 0 Å². The van der Waals surface area contributed by atoms with E-state index in [0.717, 1.165) is 0 Å². The molecule has 3 atom stereocenters. The molecule has 0 heterocycles. The maximum atomic E-state index is 14.3. The molecule has 0 fully saturated rings. The van der Waals surface area contributed by atoms with Crippen LogP contribution in [-0.4, -0.2) is 132 Å². The van der Waals surface area contributed by atoms with Crippen molar-refractivity contribution < 1.29 is 57.3 Å². The zero-order valence-electron chi connectivity index (χ0n) is 46.2. The quantitative estimate of drug-likeness (QED) is 0.0179. The minimum absolute atomic E-state index is 0.0141. The summed E-state index contributed by atoms with van der Waals surface area (Å²) >= 11 is 0. The Morgan fingerprint density at radius 3 is 1.06 bits per heavy atom. The van der Waals surface area contributed by atoms with Crippen molar-refractivity contribution in [2.45, 2.75) is 75.9 Å². The van der Waals surface area contributed by atoms with Gasteiger partial charge in [0, 0.05) is 42.3 Å². The molecule has 0 aromatic heterocycles. The first kappa shape index (κ1) is 64.8. The molecule has 0 aliphatic rings. The second-order valence-electron chi connectivity index (χ2n) is 18.2. The lowest BCUT2D eigenvalue weighted by Crippen LogP contribution is -2.44. The number of amides is 8. The fourth-order valence-electron chi connectivity index (χ4n) is 8.05. The van der Waals surface area contributed by atoms with Crippen LogP contribution in [0.5, 0.6) is 23.0 Å². The summed E-state index contributed by atoms with van der Waals surface area (Å²) in [5.74, 6) is -5.33. The summed E-state index contributed by atoms with van der Waals surface area (Å²) in [6.07, 6.45) is 2.35. The number of guanidine groups is 2. The number of aliphatic imine (C=N–C) groups is 2. The fourth-order valence-corrected chi connectivity index (χ4v) is 8.05. The van der Waals surface area contributed by atoms with E-state index in [1.54, 1.807) is 6.07 Å². The van der Waals surface area contributed by atoms with Crippen molar-refractivity contribution in [2.24, 2.45) is 50.1 Å². The highest BCUT2D eigenvalue weighted by atomic mass is 16.5. The Labute approximate surface area is 473 Å². The van der Waals surface area contributed by atoms with E-state index in [0.29, 0.717) is 31.5 Å². The zero-order valence-corrected chi connectivity index (χ0v) is 46.2. The normalized spacial score (nSPS) is 11.7. The highest BCUT2D eigenvalue weighted by molar-refractivity contribution is 6.07. The number of rotatable bonds is 33. The number of hydrogen-bond donors (Lipinski definition) is 14. The van der Waals surface area contributed by atoms with Gasteiger partial charge in [0.2, 0.25) is 23.6 Å². The maximum Gasteiger partial charge on any atom is 0.255 e. The maximum absolute atomic E-state index is 14.3. The molecular formula is C54H74N16O12. The van der Waals surface area contributed by atoms with Gasteiger partial charge in [0.25, 0.3) is 23.6 Å². The van der Waals surface area contributed by atoms with Gasteiger partial charge < -0.3 is 96.3 Å².